The van der Waals surface area contributed by atoms with Crippen LogP contribution in [0.3, 0.4) is 0 Å². The zero-order valence-corrected chi connectivity index (χ0v) is 11.7. The first-order valence-corrected chi connectivity index (χ1v) is 6.70. The normalized spacial score (nSPS) is 20.2. The smallest absolute Gasteiger partial charge is 0.104 e. The van der Waals surface area contributed by atoms with Crippen LogP contribution >= 0.6 is 15.9 Å². The Morgan fingerprint density at radius 2 is 2.06 bits per heavy atom. The quantitative estimate of drug-likeness (QED) is 0.689. The largest absolute Gasteiger partial charge is 0.211 e. The van der Waals surface area contributed by atoms with Crippen molar-refractivity contribution in [3.05, 3.63) is 52.3 Å². The van der Waals surface area contributed by atoms with Crippen LogP contribution in [0, 0.1) is 11.8 Å². The van der Waals surface area contributed by atoms with Gasteiger partial charge in [0.25, 0.3) is 0 Å². The summed E-state index contributed by atoms with van der Waals surface area (Å²) in [4.78, 5) is 0. The Balaban J connectivity index is 2.40. The summed E-state index contributed by atoms with van der Waals surface area (Å²) in [7, 11) is 0. The van der Waals surface area contributed by atoms with Crippen molar-refractivity contribution < 1.29 is 4.39 Å². The topological polar surface area (TPSA) is 0 Å². The molecule has 0 N–H and O–H groups in total. The van der Waals surface area contributed by atoms with Crippen molar-refractivity contribution in [2.45, 2.75) is 20.3 Å². The first-order valence-electron chi connectivity index (χ1n) is 5.91. The van der Waals surface area contributed by atoms with Gasteiger partial charge in [-0.1, -0.05) is 48.0 Å². The third-order valence-corrected chi connectivity index (χ3v) is 3.60. The summed E-state index contributed by atoms with van der Waals surface area (Å²) in [6.45, 7) is 4.13. The zero-order chi connectivity index (χ0) is 12.4. The van der Waals surface area contributed by atoms with Crippen LogP contribution in [0.2, 0.25) is 0 Å². The molecule has 0 saturated carbocycles. The maximum absolute atomic E-state index is 13.9. The average molecular weight is 295 g/mol. The van der Waals surface area contributed by atoms with Crippen LogP contribution in [0.1, 0.15) is 25.8 Å². The number of rotatable bonds is 2. The van der Waals surface area contributed by atoms with E-state index in [1.165, 1.54) is 0 Å². The van der Waals surface area contributed by atoms with Crippen LogP contribution < -0.4 is 0 Å². The molecular weight excluding hydrogens is 279 g/mol. The molecule has 0 nitrogen and oxygen atoms in total. The standard InChI is InChI=1S/C15H16BrF/c1-10(2)15-13(7-4-8-14(15)17)11-5-3-6-12(16)9-11/h3,5-10,15H,4H2,1-2H3. The minimum atomic E-state index is -0.0990. The second-order valence-electron chi connectivity index (χ2n) is 4.72. The molecular formula is C15H16BrF. The molecule has 1 aromatic carbocycles. The number of halogens is 2. The monoisotopic (exact) mass is 294 g/mol. The molecule has 0 spiro atoms. The zero-order valence-electron chi connectivity index (χ0n) is 10.1. The molecule has 90 valence electrons. The fourth-order valence-electron chi connectivity index (χ4n) is 2.34. The van der Waals surface area contributed by atoms with Crippen LogP contribution in [0.5, 0.6) is 0 Å². The van der Waals surface area contributed by atoms with Crippen molar-refractivity contribution in [3.8, 4) is 0 Å². The van der Waals surface area contributed by atoms with Gasteiger partial charge in [-0.05, 0) is 41.7 Å². The van der Waals surface area contributed by atoms with E-state index in [2.05, 4.69) is 41.9 Å². The molecule has 0 bridgehead atoms. The van der Waals surface area contributed by atoms with Gasteiger partial charge in [-0.2, -0.15) is 0 Å². The predicted molar refractivity (Wildman–Crippen MR) is 74.3 cm³/mol. The molecule has 17 heavy (non-hydrogen) atoms. The van der Waals surface area contributed by atoms with Gasteiger partial charge < -0.3 is 0 Å². The summed E-state index contributed by atoms with van der Waals surface area (Å²) in [6.07, 6.45) is 4.51. The summed E-state index contributed by atoms with van der Waals surface area (Å²) in [5, 5.41) is 0. The van der Waals surface area contributed by atoms with Crippen molar-refractivity contribution in [1.29, 1.82) is 0 Å². The summed E-state index contributed by atoms with van der Waals surface area (Å²) in [5.41, 5.74) is 2.22. The highest BCUT2D eigenvalue weighted by Gasteiger charge is 2.26. The number of hydrogen-bond donors (Lipinski definition) is 0. The highest BCUT2D eigenvalue weighted by molar-refractivity contribution is 9.10. The molecule has 1 aliphatic carbocycles. The van der Waals surface area contributed by atoms with E-state index in [1.807, 2.05) is 18.2 Å². The maximum atomic E-state index is 13.9. The van der Waals surface area contributed by atoms with Gasteiger partial charge in [-0.3, -0.25) is 0 Å². The molecule has 0 radical (unpaired) electrons. The molecule has 2 rings (SSSR count). The lowest BCUT2D eigenvalue weighted by Gasteiger charge is -2.26. The predicted octanol–water partition coefficient (Wildman–Crippen LogP) is 5.36. The lowest BCUT2D eigenvalue weighted by atomic mass is 9.80. The van der Waals surface area contributed by atoms with Crippen molar-refractivity contribution in [2.24, 2.45) is 11.8 Å². The molecule has 0 saturated heterocycles. The fourth-order valence-corrected chi connectivity index (χ4v) is 2.74. The Hall–Kier alpha value is -0.890. The average Bonchev–Trinajstić information content (AvgIpc) is 2.28. The van der Waals surface area contributed by atoms with E-state index in [0.717, 1.165) is 15.6 Å². The highest BCUT2D eigenvalue weighted by Crippen LogP contribution is 2.39. The van der Waals surface area contributed by atoms with Gasteiger partial charge in [0.1, 0.15) is 5.83 Å². The minimum Gasteiger partial charge on any atom is -0.211 e. The molecule has 1 atom stereocenters. The van der Waals surface area contributed by atoms with E-state index < -0.39 is 0 Å². The Bertz CT molecular complexity index is 472. The highest BCUT2D eigenvalue weighted by atomic mass is 79.9. The lowest BCUT2D eigenvalue weighted by molar-refractivity contribution is 0.434. The Kier molecular flexibility index (Phi) is 3.82. The summed E-state index contributed by atoms with van der Waals surface area (Å²) >= 11 is 3.47. The van der Waals surface area contributed by atoms with E-state index in [1.54, 1.807) is 6.08 Å². The van der Waals surface area contributed by atoms with Crippen molar-refractivity contribution in [3.63, 3.8) is 0 Å². The molecule has 0 amide bonds. The van der Waals surface area contributed by atoms with Crippen molar-refractivity contribution in [1.82, 2.24) is 0 Å². The van der Waals surface area contributed by atoms with E-state index in [9.17, 15) is 4.39 Å². The second-order valence-corrected chi connectivity index (χ2v) is 5.63. The third-order valence-electron chi connectivity index (χ3n) is 3.11. The van der Waals surface area contributed by atoms with Gasteiger partial charge in [0.15, 0.2) is 0 Å². The van der Waals surface area contributed by atoms with E-state index in [0.29, 0.717) is 6.42 Å². The third kappa shape index (κ3) is 2.68. The molecule has 1 aliphatic rings. The Labute approximate surface area is 110 Å². The van der Waals surface area contributed by atoms with E-state index in [-0.39, 0.29) is 17.7 Å². The molecule has 0 heterocycles. The van der Waals surface area contributed by atoms with Crippen LogP contribution in [-0.2, 0) is 0 Å². The maximum Gasteiger partial charge on any atom is 0.104 e. The van der Waals surface area contributed by atoms with Gasteiger partial charge in [0.05, 0.1) is 0 Å². The summed E-state index contributed by atoms with van der Waals surface area (Å²) in [6, 6.07) is 8.09. The summed E-state index contributed by atoms with van der Waals surface area (Å²) < 4.78 is 15.0. The molecule has 0 aliphatic heterocycles. The Morgan fingerprint density at radius 3 is 2.71 bits per heavy atom. The van der Waals surface area contributed by atoms with E-state index in [4.69, 9.17) is 0 Å². The van der Waals surface area contributed by atoms with E-state index >= 15 is 0 Å². The van der Waals surface area contributed by atoms with Crippen LogP contribution in [0.25, 0.3) is 5.57 Å². The SMILES string of the molecule is CC(C)C1C(F)=CCC=C1c1cccc(Br)c1. The summed E-state index contributed by atoms with van der Waals surface area (Å²) in [5.74, 6) is 0.187. The number of allylic oxidation sites excluding steroid dienone is 4. The van der Waals surface area contributed by atoms with Gasteiger partial charge in [0.2, 0.25) is 0 Å². The molecule has 0 fully saturated rings. The molecule has 0 aromatic heterocycles. The lowest BCUT2D eigenvalue weighted by Crippen LogP contribution is -2.14. The minimum absolute atomic E-state index is 0.0116. The van der Waals surface area contributed by atoms with Gasteiger partial charge in [0, 0.05) is 10.4 Å². The second kappa shape index (κ2) is 5.18. The molecule has 1 unspecified atom stereocenters. The van der Waals surface area contributed by atoms with Crippen molar-refractivity contribution in [2.75, 3.05) is 0 Å². The van der Waals surface area contributed by atoms with Crippen LogP contribution in [0.4, 0.5) is 4.39 Å². The van der Waals surface area contributed by atoms with Gasteiger partial charge >= 0.3 is 0 Å². The van der Waals surface area contributed by atoms with Crippen molar-refractivity contribution >= 4 is 21.5 Å². The van der Waals surface area contributed by atoms with Crippen LogP contribution in [0.15, 0.2) is 46.7 Å². The fraction of sp³-hybridized carbons (Fsp3) is 0.333. The first-order chi connectivity index (χ1) is 8.09. The van der Waals surface area contributed by atoms with Crippen LogP contribution in [-0.4, -0.2) is 0 Å². The number of benzene rings is 1. The number of hydrogen-bond acceptors (Lipinski definition) is 0. The van der Waals surface area contributed by atoms with Gasteiger partial charge in [-0.25, -0.2) is 4.39 Å². The molecule has 1 aromatic rings. The van der Waals surface area contributed by atoms with Gasteiger partial charge in [-0.15, -0.1) is 0 Å². The Morgan fingerprint density at radius 1 is 1.29 bits per heavy atom. The molecule has 2 heteroatoms. The first kappa shape index (κ1) is 12.6.